The van der Waals surface area contributed by atoms with Gasteiger partial charge in [0, 0.05) is 18.5 Å². The number of nitrogens with zero attached hydrogens (tertiary/aromatic N) is 7. The maximum atomic E-state index is 16.7. The Morgan fingerprint density at radius 3 is 2.52 bits per heavy atom. The van der Waals surface area contributed by atoms with Gasteiger partial charge in [0.15, 0.2) is 53.4 Å². The van der Waals surface area contributed by atoms with Crippen LogP contribution in [0.2, 0.25) is 0 Å². The molecule has 54 heavy (non-hydrogen) atoms. The molecule has 0 aromatic carbocycles. The van der Waals surface area contributed by atoms with E-state index in [9.17, 15) is 23.6 Å². The van der Waals surface area contributed by atoms with Crippen molar-refractivity contribution >= 4 is 66.0 Å². The van der Waals surface area contributed by atoms with Crippen LogP contribution in [0.15, 0.2) is 23.8 Å². The van der Waals surface area contributed by atoms with Crippen LogP contribution in [-0.2, 0) is 46.4 Å². The van der Waals surface area contributed by atoms with E-state index >= 15 is 8.78 Å². The average Bonchev–Trinajstić information content (AvgIpc) is 3.81. The molecule has 0 aliphatic carbocycles. The minimum Gasteiger partial charge on any atom is -0.432 e. The van der Waals surface area contributed by atoms with Crippen molar-refractivity contribution in [1.82, 2.24) is 39.0 Å². The molecule has 0 bridgehead atoms. The second-order valence-electron chi connectivity index (χ2n) is 11.8. The van der Waals surface area contributed by atoms with Gasteiger partial charge in [-0.05, 0) is 13.8 Å². The van der Waals surface area contributed by atoms with E-state index in [1.165, 1.54) is 10.9 Å². The van der Waals surface area contributed by atoms with Gasteiger partial charge < -0.3 is 44.6 Å². The van der Waals surface area contributed by atoms with Crippen LogP contribution in [0.4, 0.5) is 25.3 Å². The molecule has 2 aliphatic rings. The van der Waals surface area contributed by atoms with Crippen molar-refractivity contribution in [1.29, 1.82) is 0 Å². The molecule has 0 saturated carbocycles. The lowest BCUT2D eigenvalue weighted by Crippen LogP contribution is -2.38. The number of nitrogens with one attached hydrogen (secondary N) is 1. The highest BCUT2D eigenvalue weighted by Gasteiger charge is 2.50. The van der Waals surface area contributed by atoms with Crippen molar-refractivity contribution in [2.45, 2.75) is 63.1 Å². The van der Waals surface area contributed by atoms with Gasteiger partial charge in [-0.15, -0.1) is 0 Å². The van der Waals surface area contributed by atoms with Crippen LogP contribution >= 0.6 is 25.8 Å². The number of fused-ring (bicyclic) bond motifs is 3. The zero-order valence-electron chi connectivity index (χ0n) is 28.4. The van der Waals surface area contributed by atoms with Gasteiger partial charge in [0.2, 0.25) is 5.95 Å². The summed E-state index contributed by atoms with van der Waals surface area (Å²) in [7, 11) is -3.74. The Balaban J connectivity index is 1.39. The van der Waals surface area contributed by atoms with Crippen molar-refractivity contribution in [2.75, 3.05) is 44.1 Å². The summed E-state index contributed by atoms with van der Waals surface area (Å²) in [5, 5.41) is 0. The van der Waals surface area contributed by atoms with Crippen molar-refractivity contribution in [2.24, 2.45) is 0 Å². The Bertz CT molecular complexity index is 2140. The zero-order valence-corrected chi connectivity index (χ0v) is 31.0. The molecular weight excluding hydrogens is 792 g/mol. The SMILES string of the molecule is CO[C@@H]1COP(=O)(O)CO[C@H]2[C@@H](F)[C@H](n3cnc4c(N)ncnc43)O[C@@H]2COP(=O)(SCOC(=O)OC(C)C)O[C@@H](n2cnc3c(=O)[nH]c(N)nc32)[C@@H]1F. The number of imidazole rings is 2. The molecule has 0 spiro atoms. The van der Waals surface area contributed by atoms with Gasteiger partial charge in [0.05, 0.1) is 32.0 Å². The number of hydrogen-bond donors (Lipinski definition) is 4. The van der Waals surface area contributed by atoms with E-state index in [-0.39, 0.29) is 39.5 Å². The number of halogens is 2. The molecule has 2 fully saturated rings. The zero-order chi connectivity index (χ0) is 38.9. The minimum atomic E-state index is -4.84. The Hall–Kier alpha value is -3.84. The first-order valence-electron chi connectivity index (χ1n) is 15.7. The number of aromatic nitrogens is 8. The van der Waals surface area contributed by atoms with E-state index < -0.39 is 107 Å². The molecule has 0 amide bonds. The fraction of sp³-hybridized carbons (Fsp3) is 0.577. The number of alkyl halides is 2. The molecule has 4 aromatic rings. The fourth-order valence-corrected chi connectivity index (χ4v) is 8.84. The van der Waals surface area contributed by atoms with E-state index in [0.717, 1.165) is 24.3 Å². The summed E-state index contributed by atoms with van der Waals surface area (Å²) in [6, 6.07) is 0. The summed E-state index contributed by atoms with van der Waals surface area (Å²) in [4.78, 5) is 57.6. The second-order valence-corrected chi connectivity index (χ2v) is 17.6. The molecule has 23 nitrogen and oxygen atoms in total. The van der Waals surface area contributed by atoms with E-state index in [1.54, 1.807) is 13.8 Å². The van der Waals surface area contributed by atoms with Gasteiger partial charge in [-0.3, -0.25) is 32.5 Å². The van der Waals surface area contributed by atoms with E-state index in [4.69, 9.17) is 48.7 Å². The summed E-state index contributed by atoms with van der Waals surface area (Å²) < 4.78 is 106. The lowest BCUT2D eigenvalue weighted by molar-refractivity contribution is -0.0799. The van der Waals surface area contributed by atoms with Gasteiger partial charge in [0.1, 0.15) is 36.5 Å². The molecule has 6 N–H and O–H groups in total. The van der Waals surface area contributed by atoms with Crippen LogP contribution < -0.4 is 17.0 Å². The molecule has 2 saturated heterocycles. The van der Waals surface area contributed by atoms with Crippen LogP contribution in [0.3, 0.4) is 0 Å². The third-order valence-electron chi connectivity index (χ3n) is 7.81. The summed E-state index contributed by atoms with van der Waals surface area (Å²) in [5.41, 5.74) is 10.3. The van der Waals surface area contributed by atoms with Crippen molar-refractivity contribution in [3.05, 3.63) is 29.3 Å². The predicted molar refractivity (Wildman–Crippen MR) is 181 cm³/mol. The number of nitrogens with two attached hydrogens (primary N) is 2. The topological polar surface area (TPSA) is 304 Å². The molecule has 6 rings (SSSR count). The van der Waals surface area contributed by atoms with E-state index in [2.05, 4.69) is 29.9 Å². The first kappa shape index (κ1) is 39.8. The molecule has 4 aromatic heterocycles. The number of carbonyl (C=O) groups excluding carboxylic acids is 1. The van der Waals surface area contributed by atoms with Crippen LogP contribution in [-0.4, -0.2) is 119 Å². The Kier molecular flexibility index (Phi) is 11.9. The normalized spacial score (nSPS) is 31.4. The number of ether oxygens (including phenoxy) is 5. The van der Waals surface area contributed by atoms with Gasteiger partial charge in [-0.1, -0.05) is 0 Å². The average molecular weight is 827 g/mol. The third kappa shape index (κ3) is 8.51. The van der Waals surface area contributed by atoms with E-state index in [0.29, 0.717) is 0 Å². The van der Waals surface area contributed by atoms with E-state index in [1.807, 2.05) is 0 Å². The number of rotatable bonds is 7. The smallest absolute Gasteiger partial charge is 0.432 e. The monoisotopic (exact) mass is 826 g/mol. The summed E-state index contributed by atoms with van der Waals surface area (Å²) in [6.07, 6.45) is -12.9. The Morgan fingerprint density at radius 1 is 1.07 bits per heavy atom. The molecule has 28 heteroatoms. The predicted octanol–water partition coefficient (Wildman–Crippen LogP) is 2.16. The lowest BCUT2D eigenvalue weighted by Gasteiger charge is -2.32. The summed E-state index contributed by atoms with van der Waals surface area (Å²) in [6.45, 7) is -3.50. The molecule has 296 valence electrons. The van der Waals surface area contributed by atoms with Crippen molar-refractivity contribution in [3.8, 4) is 0 Å². The molecule has 2 aliphatic heterocycles. The highest BCUT2D eigenvalue weighted by Crippen LogP contribution is 2.64. The number of methoxy groups -OCH3 is 1. The van der Waals surface area contributed by atoms with Crippen LogP contribution in [0, 0.1) is 0 Å². The van der Waals surface area contributed by atoms with Crippen molar-refractivity contribution in [3.63, 3.8) is 0 Å². The first-order valence-corrected chi connectivity index (χ1v) is 20.6. The molecule has 6 heterocycles. The lowest BCUT2D eigenvalue weighted by atomic mass is 10.1. The second kappa shape index (κ2) is 16.1. The van der Waals surface area contributed by atoms with Gasteiger partial charge in [-0.25, -0.2) is 38.1 Å². The summed E-state index contributed by atoms with van der Waals surface area (Å²) in [5.74, 6) is -1.15. The highest BCUT2D eigenvalue weighted by molar-refractivity contribution is 8.55. The Labute approximate surface area is 306 Å². The molecule has 2 unspecified atom stereocenters. The summed E-state index contributed by atoms with van der Waals surface area (Å²) >= 11 is 0.257. The number of aromatic amines is 1. The van der Waals surface area contributed by atoms with Gasteiger partial charge >= 0.3 is 20.5 Å². The standard InChI is InChI=1S/C26H34F2N10O13P2S/c1-11(2)49-26(40)46-10-54-53(43)48-5-13-18(15(28)23(50-13)37-7-33-16-19(29)31-6-32-20(16)37)45-9-52(41,42)47-4-12(44-3)14(27)24(51-53)38-8-34-17-21(38)35-25(30)36-22(17)39/h6-8,11-15,18,23-24H,4-5,9-10H2,1-3H3,(H,41,42)(H2,29,31,32)(H3,30,35,36,39)/t12-,13-,14-,15-,18-,23-,24-,53?/m1/s1. The van der Waals surface area contributed by atoms with Gasteiger partial charge in [0.25, 0.3) is 5.56 Å². The third-order valence-corrected chi connectivity index (χ3v) is 12.2. The van der Waals surface area contributed by atoms with Crippen LogP contribution in [0.25, 0.3) is 22.3 Å². The van der Waals surface area contributed by atoms with Crippen LogP contribution in [0.5, 0.6) is 0 Å². The maximum absolute atomic E-state index is 16.7. The molecular formula is C26H34F2N10O13P2S. The quantitative estimate of drug-likeness (QED) is 0.118. The van der Waals surface area contributed by atoms with Gasteiger partial charge in [-0.2, -0.15) is 4.98 Å². The number of anilines is 2. The minimum absolute atomic E-state index is 0.0124. The Morgan fingerprint density at radius 2 is 1.80 bits per heavy atom. The maximum Gasteiger partial charge on any atom is 0.509 e. The van der Waals surface area contributed by atoms with Crippen molar-refractivity contribution < 1.29 is 64.9 Å². The first-order chi connectivity index (χ1) is 25.6. The fourth-order valence-electron chi connectivity index (χ4n) is 5.34. The highest BCUT2D eigenvalue weighted by atomic mass is 32.7. The largest absolute Gasteiger partial charge is 0.509 e. The number of H-pyrrole nitrogens is 1. The number of carbonyl (C=O) groups is 1. The molecule has 0 radical (unpaired) electrons. The number of hydrogen-bond acceptors (Lipinski definition) is 20. The van der Waals surface area contributed by atoms with Crippen LogP contribution in [0.1, 0.15) is 26.3 Å². The molecule has 9 atom stereocenters. The number of nitrogen functional groups attached to an aromatic ring is 2.